The predicted octanol–water partition coefficient (Wildman–Crippen LogP) is 3.22. The zero-order valence-electron chi connectivity index (χ0n) is 7.08. The second-order valence-electron chi connectivity index (χ2n) is 3.96. The number of fused-ring (bicyclic) bond motifs is 5. The third-order valence-electron chi connectivity index (χ3n) is 3.35. The number of alkyl halides is 2. The van der Waals surface area contributed by atoms with Crippen LogP contribution in [0.15, 0.2) is 24.3 Å². The van der Waals surface area contributed by atoms with Crippen molar-refractivity contribution in [1.29, 1.82) is 0 Å². The molecule has 0 nitrogen and oxygen atoms in total. The van der Waals surface area contributed by atoms with Gasteiger partial charge in [0.05, 0.1) is 5.38 Å². The molecular formula is C11H10ClF. The molecule has 0 spiro atoms. The number of benzene rings is 1. The van der Waals surface area contributed by atoms with Crippen molar-refractivity contribution in [3.05, 3.63) is 35.4 Å². The first-order valence-corrected chi connectivity index (χ1v) is 5.09. The van der Waals surface area contributed by atoms with Crippen molar-refractivity contribution >= 4 is 11.6 Å². The van der Waals surface area contributed by atoms with Gasteiger partial charge in [-0.25, -0.2) is 4.39 Å². The van der Waals surface area contributed by atoms with Crippen LogP contribution in [-0.4, -0.2) is 11.5 Å². The highest BCUT2D eigenvalue weighted by atomic mass is 35.5. The monoisotopic (exact) mass is 196 g/mol. The van der Waals surface area contributed by atoms with Gasteiger partial charge in [-0.15, -0.1) is 11.6 Å². The molecule has 0 amide bonds. The van der Waals surface area contributed by atoms with E-state index in [1.807, 2.05) is 18.2 Å². The largest absolute Gasteiger partial charge is 0.247 e. The average Bonchev–Trinajstić information content (AvgIpc) is 2.56. The molecule has 0 saturated heterocycles. The van der Waals surface area contributed by atoms with E-state index in [1.54, 1.807) is 0 Å². The quantitative estimate of drug-likeness (QED) is 0.559. The average molecular weight is 197 g/mol. The molecule has 1 aromatic carbocycles. The van der Waals surface area contributed by atoms with Crippen LogP contribution >= 0.6 is 11.6 Å². The third kappa shape index (κ3) is 0.859. The molecule has 1 fully saturated rings. The highest BCUT2D eigenvalue weighted by Crippen LogP contribution is 2.56. The molecule has 4 atom stereocenters. The van der Waals surface area contributed by atoms with Gasteiger partial charge in [0, 0.05) is 11.8 Å². The van der Waals surface area contributed by atoms with Crippen LogP contribution < -0.4 is 0 Å². The first-order chi connectivity index (χ1) is 6.29. The molecular weight excluding hydrogens is 187 g/mol. The van der Waals surface area contributed by atoms with E-state index in [9.17, 15) is 4.39 Å². The molecule has 2 aliphatic rings. The van der Waals surface area contributed by atoms with Crippen LogP contribution in [0.5, 0.6) is 0 Å². The van der Waals surface area contributed by atoms with Crippen LogP contribution in [-0.2, 0) is 0 Å². The smallest absolute Gasteiger partial charge is 0.109 e. The summed E-state index contributed by atoms with van der Waals surface area (Å²) in [5, 5.41) is -0.00704. The first kappa shape index (κ1) is 7.81. The molecule has 2 bridgehead atoms. The Morgan fingerprint density at radius 2 is 1.92 bits per heavy atom. The molecule has 2 aliphatic carbocycles. The molecule has 68 valence electrons. The summed E-state index contributed by atoms with van der Waals surface area (Å²) in [6.07, 6.45) is -0.0991. The molecule has 2 heteroatoms. The molecule has 0 N–H and O–H groups in total. The Kier molecular flexibility index (Phi) is 1.49. The van der Waals surface area contributed by atoms with Crippen molar-refractivity contribution in [3.8, 4) is 0 Å². The van der Waals surface area contributed by atoms with Gasteiger partial charge in [-0.05, 0) is 17.5 Å². The second-order valence-corrected chi connectivity index (χ2v) is 4.46. The minimum atomic E-state index is -0.720. The molecule has 1 saturated carbocycles. The van der Waals surface area contributed by atoms with E-state index in [0.29, 0.717) is 6.42 Å². The molecule has 0 radical (unpaired) electrons. The van der Waals surface area contributed by atoms with Gasteiger partial charge in [0.1, 0.15) is 6.17 Å². The SMILES string of the molecule is F[C@H]1C[C@@H]2c3ccccc3[C@H]1[C@@H]2Cl. The van der Waals surface area contributed by atoms with Crippen LogP contribution in [0.4, 0.5) is 4.39 Å². The highest BCUT2D eigenvalue weighted by molar-refractivity contribution is 6.22. The Hall–Kier alpha value is -0.560. The lowest BCUT2D eigenvalue weighted by molar-refractivity contribution is 0.304. The molecule has 3 rings (SSSR count). The predicted molar refractivity (Wildman–Crippen MR) is 51.1 cm³/mol. The second kappa shape index (κ2) is 2.48. The van der Waals surface area contributed by atoms with Gasteiger partial charge in [-0.3, -0.25) is 0 Å². The summed E-state index contributed by atoms with van der Waals surface area (Å²) in [5.74, 6) is 0.223. The fourth-order valence-electron chi connectivity index (χ4n) is 2.79. The van der Waals surface area contributed by atoms with Crippen molar-refractivity contribution in [1.82, 2.24) is 0 Å². The lowest BCUT2D eigenvalue weighted by Gasteiger charge is -2.17. The topological polar surface area (TPSA) is 0 Å². The molecule has 13 heavy (non-hydrogen) atoms. The Balaban J connectivity index is 2.18. The maximum atomic E-state index is 13.5. The zero-order valence-corrected chi connectivity index (χ0v) is 7.84. The molecule has 0 aromatic heterocycles. The number of hydrogen-bond acceptors (Lipinski definition) is 0. The van der Waals surface area contributed by atoms with Crippen LogP contribution in [0.3, 0.4) is 0 Å². The Morgan fingerprint density at radius 3 is 2.69 bits per heavy atom. The summed E-state index contributed by atoms with van der Waals surface area (Å²) in [7, 11) is 0. The summed E-state index contributed by atoms with van der Waals surface area (Å²) >= 11 is 6.20. The fraction of sp³-hybridized carbons (Fsp3) is 0.455. The van der Waals surface area contributed by atoms with Crippen LogP contribution in [0.1, 0.15) is 29.4 Å². The lowest BCUT2D eigenvalue weighted by Crippen LogP contribution is -2.11. The zero-order chi connectivity index (χ0) is 9.00. The summed E-state index contributed by atoms with van der Waals surface area (Å²) in [6.45, 7) is 0. The number of rotatable bonds is 0. The molecule has 0 heterocycles. The van der Waals surface area contributed by atoms with Gasteiger partial charge in [0.15, 0.2) is 0 Å². The van der Waals surface area contributed by atoms with Gasteiger partial charge in [-0.1, -0.05) is 24.3 Å². The van der Waals surface area contributed by atoms with Crippen molar-refractivity contribution in [2.75, 3.05) is 0 Å². The summed E-state index contributed by atoms with van der Waals surface area (Å²) in [4.78, 5) is 0. The number of halogens is 2. The maximum Gasteiger partial charge on any atom is 0.109 e. The molecule has 0 unspecified atom stereocenters. The first-order valence-electron chi connectivity index (χ1n) is 4.66. The van der Waals surface area contributed by atoms with E-state index in [0.717, 1.165) is 5.56 Å². The van der Waals surface area contributed by atoms with Crippen molar-refractivity contribution in [3.63, 3.8) is 0 Å². The summed E-state index contributed by atoms with van der Waals surface area (Å²) in [6, 6.07) is 8.08. The van der Waals surface area contributed by atoms with Gasteiger partial charge in [0.2, 0.25) is 0 Å². The van der Waals surface area contributed by atoms with Crippen molar-refractivity contribution < 1.29 is 4.39 Å². The van der Waals surface area contributed by atoms with Gasteiger partial charge in [0.25, 0.3) is 0 Å². The van der Waals surface area contributed by atoms with E-state index in [2.05, 4.69) is 6.07 Å². The van der Waals surface area contributed by atoms with Gasteiger partial charge < -0.3 is 0 Å². The van der Waals surface area contributed by atoms with Crippen molar-refractivity contribution in [2.24, 2.45) is 0 Å². The van der Waals surface area contributed by atoms with Crippen LogP contribution in [0.2, 0.25) is 0 Å². The van der Waals surface area contributed by atoms with Gasteiger partial charge >= 0.3 is 0 Å². The lowest BCUT2D eigenvalue weighted by atomic mass is 9.91. The van der Waals surface area contributed by atoms with Crippen LogP contribution in [0, 0.1) is 0 Å². The van der Waals surface area contributed by atoms with Crippen molar-refractivity contribution in [2.45, 2.75) is 29.8 Å². The van der Waals surface area contributed by atoms with E-state index in [4.69, 9.17) is 11.6 Å². The minimum absolute atomic E-state index is 0.00704. The van der Waals surface area contributed by atoms with E-state index in [-0.39, 0.29) is 17.2 Å². The van der Waals surface area contributed by atoms with E-state index >= 15 is 0 Å². The standard InChI is InChI=1S/C11H10ClF/c12-11-8-5-9(13)10(11)7-4-2-1-3-6(7)8/h1-4,8-11H,5H2/t8-,9+,10-,11-/m1/s1. The normalized spacial score (nSPS) is 40.8. The van der Waals surface area contributed by atoms with E-state index in [1.165, 1.54) is 5.56 Å². The number of hydrogen-bond donors (Lipinski definition) is 0. The maximum absolute atomic E-state index is 13.5. The summed E-state index contributed by atoms with van der Waals surface area (Å²) < 4.78 is 13.5. The third-order valence-corrected chi connectivity index (χ3v) is 3.93. The van der Waals surface area contributed by atoms with Gasteiger partial charge in [-0.2, -0.15) is 0 Å². The molecule has 0 aliphatic heterocycles. The Morgan fingerprint density at radius 1 is 1.23 bits per heavy atom. The highest BCUT2D eigenvalue weighted by Gasteiger charge is 2.50. The Bertz CT molecular complexity index is 350. The van der Waals surface area contributed by atoms with Crippen LogP contribution in [0.25, 0.3) is 0 Å². The molecule has 1 aromatic rings. The Labute approximate surface area is 81.7 Å². The minimum Gasteiger partial charge on any atom is -0.247 e. The fourth-order valence-corrected chi connectivity index (χ4v) is 3.32. The van der Waals surface area contributed by atoms with E-state index < -0.39 is 6.17 Å². The summed E-state index contributed by atoms with van der Waals surface area (Å²) in [5.41, 5.74) is 2.42.